The molecule has 2 heterocycles. The van der Waals surface area contributed by atoms with Crippen LogP contribution in [-0.2, 0) is 9.53 Å². The largest absolute Gasteiger partial charge is 0.445 e. The number of carbonyl (C=O) groups is 1. The van der Waals surface area contributed by atoms with Crippen LogP contribution in [0, 0.1) is 17.1 Å². The van der Waals surface area contributed by atoms with E-state index in [-0.39, 0.29) is 23.2 Å². The fraction of sp³-hybridized carbons (Fsp3) is 0.250. The van der Waals surface area contributed by atoms with E-state index in [4.69, 9.17) is 33.7 Å². The lowest BCUT2D eigenvalue weighted by Crippen LogP contribution is -2.50. The van der Waals surface area contributed by atoms with Crippen LogP contribution in [0.25, 0.3) is 0 Å². The lowest BCUT2D eigenvalue weighted by atomic mass is 9.82. The van der Waals surface area contributed by atoms with Gasteiger partial charge in [0.15, 0.2) is 0 Å². The number of nitriles is 1. The van der Waals surface area contributed by atoms with Crippen LogP contribution in [0.3, 0.4) is 0 Å². The first-order valence-electron chi connectivity index (χ1n) is 10.3. The predicted octanol–water partition coefficient (Wildman–Crippen LogP) is 4.56. The molecule has 0 radical (unpaired) electrons. The number of halogens is 3. The average molecular weight is 487 g/mol. The van der Waals surface area contributed by atoms with Crippen molar-refractivity contribution in [3.8, 4) is 6.07 Å². The van der Waals surface area contributed by atoms with Crippen molar-refractivity contribution in [2.24, 2.45) is 5.73 Å². The number of nitrogens with zero attached hydrogens (tertiary/aromatic N) is 3. The van der Waals surface area contributed by atoms with Crippen LogP contribution in [0.2, 0.25) is 10.0 Å². The van der Waals surface area contributed by atoms with Crippen molar-refractivity contribution in [3.63, 3.8) is 0 Å². The highest BCUT2D eigenvalue weighted by molar-refractivity contribution is 6.35. The van der Waals surface area contributed by atoms with Gasteiger partial charge in [-0.3, -0.25) is 4.79 Å². The van der Waals surface area contributed by atoms with Gasteiger partial charge in [0.05, 0.1) is 11.5 Å². The Bertz CT molecular complexity index is 1200. The van der Waals surface area contributed by atoms with Gasteiger partial charge in [0.25, 0.3) is 5.91 Å². The molecule has 2 aliphatic rings. The third kappa shape index (κ3) is 4.50. The van der Waals surface area contributed by atoms with Gasteiger partial charge in [-0.2, -0.15) is 5.26 Å². The second kappa shape index (κ2) is 9.34. The molecule has 1 atom stereocenters. The molecular formula is C24H21Cl2FN4O2. The second-order valence-electron chi connectivity index (χ2n) is 7.82. The molecule has 1 unspecified atom stereocenters. The van der Waals surface area contributed by atoms with Gasteiger partial charge >= 0.3 is 0 Å². The summed E-state index contributed by atoms with van der Waals surface area (Å²) >= 11 is 12.5. The first-order chi connectivity index (χ1) is 15.8. The average Bonchev–Trinajstić information content (AvgIpc) is 2.79. The van der Waals surface area contributed by atoms with Gasteiger partial charge in [0, 0.05) is 41.9 Å². The number of anilines is 1. The molecule has 4 rings (SSSR count). The number of benzene rings is 2. The Hall–Kier alpha value is -3.21. The molecule has 33 heavy (non-hydrogen) atoms. The quantitative estimate of drug-likeness (QED) is 0.687. The predicted molar refractivity (Wildman–Crippen MR) is 125 cm³/mol. The maximum atomic E-state index is 13.7. The third-order valence-corrected chi connectivity index (χ3v) is 6.43. The van der Waals surface area contributed by atoms with E-state index in [9.17, 15) is 14.4 Å². The summed E-state index contributed by atoms with van der Waals surface area (Å²) in [7, 11) is 0. The van der Waals surface area contributed by atoms with Crippen LogP contribution in [-0.4, -0.2) is 37.0 Å². The number of amides is 1. The Morgan fingerprint density at radius 1 is 1.15 bits per heavy atom. The lowest BCUT2D eigenvalue weighted by Gasteiger charge is -2.38. The van der Waals surface area contributed by atoms with Gasteiger partial charge in [-0.1, -0.05) is 29.3 Å². The minimum atomic E-state index is -0.767. The Morgan fingerprint density at radius 3 is 2.42 bits per heavy atom. The maximum Gasteiger partial charge on any atom is 0.254 e. The summed E-state index contributed by atoms with van der Waals surface area (Å²) in [5, 5.41) is 10.6. The zero-order chi connectivity index (χ0) is 23.7. The van der Waals surface area contributed by atoms with Gasteiger partial charge in [-0.05, 0) is 48.9 Å². The van der Waals surface area contributed by atoms with E-state index in [0.717, 1.165) is 5.69 Å². The molecule has 1 amide bonds. The molecule has 0 bridgehead atoms. The van der Waals surface area contributed by atoms with Crippen molar-refractivity contribution in [2.45, 2.75) is 12.8 Å². The third-order valence-electron chi connectivity index (χ3n) is 5.87. The molecule has 1 fully saturated rings. The molecule has 2 aromatic rings. The van der Waals surface area contributed by atoms with Gasteiger partial charge in [-0.15, -0.1) is 0 Å². The maximum absolute atomic E-state index is 13.7. The highest BCUT2D eigenvalue weighted by atomic mass is 35.5. The van der Waals surface area contributed by atoms with Gasteiger partial charge < -0.3 is 20.3 Å². The van der Waals surface area contributed by atoms with E-state index in [2.05, 4.69) is 11.0 Å². The molecule has 9 heteroatoms. The highest BCUT2D eigenvalue weighted by Crippen LogP contribution is 2.43. The van der Waals surface area contributed by atoms with Crippen LogP contribution < -0.4 is 10.6 Å². The molecule has 6 nitrogen and oxygen atoms in total. The van der Waals surface area contributed by atoms with E-state index in [1.807, 2.05) is 0 Å². The minimum absolute atomic E-state index is 0.0521. The summed E-state index contributed by atoms with van der Waals surface area (Å²) < 4.78 is 18.8. The van der Waals surface area contributed by atoms with Gasteiger partial charge in [0.1, 0.15) is 23.2 Å². The standard InChI is InChI=1S/C24H21Cl2FN4O2/c1-14-21(22(19(13-28)23(29)33-14)18-7-2-15(25)12-20(18)26)24(32)31-10-8-30(9-11-31)17-5-3-16(27)4-6-17/h2-7,12,22H,8-11,29H2,1H3. The van der Waals surface area contributed by atoms with E-state index in [1.165, 1.54) is 12.1 Å². The van der Waals surface area contributed by atoms with Crippen LogP contribution >= 0.6 is 23.2 Å². The number of hydrogen-bond acceptors (Lipinski definition) is 5. The molecule has 1 saturated heterocycles. The monoisotopic (exact) mass is 486 g/mol. The minimum Gasteiger partial charge on any atom is -0.445 e. The van der Waals surface area contributed by atoms with Gasteiger partial charge in [0.2, 0.25) is 5.88 Å². The molecule has 170 valence electrons. The molecule has 0 aliphatic carbocycles. The summed E-state index contributed by atoms with van der Waals surface area (Å²) in [6.07, 6.45) is 0. The number of hydrogen-bond donors (Lipinski definition) is 1. The fourth-order valence-electron chi connectivity index (χ4n) is 4.20. The zero-order valence-electron chi connectivity index (χ0n) is 17.8. The van der Waals surface area contributed by atoms with Crippen molar-refractivity contribution in [3.05, 3.63) is 86.7 Å². The van der Waals surface area contributed by atoms with Crippen molar-refractivity contribution in [1.29, 1.82) is 5.26 Å². The summed E-state index contributed by atoms with van der Waals surface area (Å²) in [5.74, 6) is -1.03. The Balaban J connectivity index is 1.62. The van der Waals surface area contributed by atoms with Crippen LogP contribution in [0.5, 0.6) is 0 Å². The topological polar surface area (TPSA) is 82.6 Å². The summed E-state index contributed by atoms with van der Waals surface area (Å²) in [5.41, 5.74) is 7.89. The van der Waals surface area contributed by atoms with Crippen molar-refractivity contribution in [1.82, 2.24) is 4.90 Å². The molecule has 2 aliphatic heterocycles. The first kappa shape index (κ1) is 23.0. The van der Waals surface area contributed by atoms with Crippen molar-refractivity contribution in [2.75, 3.05) is 31.1 Å². The summed E-state index contributed by atoms with van der Waals surface area (Å²) in [6.45, 7) is 3.73. The first-order valence-corrected chi connectivity index (χ1v) is 11.1. The van der Waals surface area contributed by atoms with E-state index in [0.29, 0.717) is 53.1 Å². The molecule has 0 spiro atoms. The molecule has 0 saturated carbocycles. The van der Waals surface area contributed by atoms with Crippen molar-refractivity contribution < 1.29 is 13.9 Å². The van der Waals surface area contributed by atoms with Crippen molar-refractivity contribution >= 4 is 34.8 Å². The van der Waals surface area contributed by atoms with E-state index < -0.39 is 5.92 Å². The van der Waals surface area contributed by atoms with Gasteiger partial charge in [-0.25, -0.2) is 4.39 Å². The molecule has 2 N–H and O–H groups in total. The number of ether oxygens (including phenoxy) is 1. The number of rotatable bonds is 3. The highest BCUT2D eigenvalue weighted by Gasteiger charge is 2.38. The zero-order valence-corrected chi connectivity index (χ0v) is 19.3. The number of nitrogens with two attached hydrogens (primary N) is 1. The Kier molecular flexibility index (Phi) is 6.50. The van der Waals surface area contributed by atoms with Crippen LogP contribution in [0.4, 0.5) is 10.1 Å². The smallest absolute Gasteiger partial charge is 0.254 e. The summed E-state index contributed by atoms with van der Waals surface area (Å²) in [4.78, 5) is 17.5. The fourth-order valence-corrected chi connectivity index (χ4v) is 4.71. The Morgan fingerprint density at radius 2 is 1.82 bits per heavy atom. The molecule has 2 aromatic carbocycles. The van der Waals surface area contributed by atoms with E-state index >= 15 is 0 Å². The molecule has 0 aromatic heterocycles. The second-order valence-corrected chi connectivity index (χ2v) is 8.66. The van der Waals surface area contributed by atoms with Crippen LogP contribution in [0.15, 0.2) is 65.3 Å². The number of allylic oxidation sites excluding steroid dienone is 2. The summed E-state index contributed by atoms with van der Waals surface area (Å²) in [6, 6.07) is 13.3. The normalized spacial score (nSPS) is 18.8. The Labute approximate surface area is 201 Å². The van der Waals surface area contributed by atoms with Crippen LogP contribution in [0.1, 0.15) is 18.4 Å². The molecular weight excluding hydrogens is 466 g/mol. The number of carbonyl (C=O) groups excluding carboxylic acids is 1. The van der Waals surface area contributed by atoms with E-state index in [1.54, 1.807) is 42.2 Å². The SMILES string of the molecule is CC1=C(C(=O)N2CCN(c3ccc(F)cc3)CC2)C(c2ccc(Cl)cc2Cl)C(C#N)=C(N)O1. The number of piperazine rings is 1. The lowest BCUT2D eigenvalue weighted by molar-refractivity contribution is -0.128.